The molecule has 0 atom stereocenters. The zero-order valence-electron chi connectivity index (χ0n) is 9.86. The quantitative estimate of drug-likeness (QED) is 0.787. The Balaban J connectivity index is 2.72. The Hall–Kier alpha value is -1.46. The number of benzene rings is 1. The second-order valence-electron chi connectivity index (χ2n) is 3.98. The average molecular weight is 218 g/mol. The van der Waals surface area contributed by atoms with Crippen molar-refractivity contribution in [1.29, 1.82) is 0 Å². The van der Waals surface area contributed by atoms with Gasteiger partial charge in [-0.1, -0.05) is 37.8 Å². The fourth-order valence-corrected chi connectivity index (χ4v) is 1.17. The van der Waals surface area contributed by atoms with E-state index in [-0.39, 0.29) is 6.61 Å². The van der Waals surface area contributed by atoms with Gasteiger partial charge in [0.2, 0.25) is 0 Å². The zero-order chi connectivity index (χ0) is 11.8. The van der Waals surface area contributed by atoms with Crippen molar-refractivity contribution in [2.45, 2.75) is 20.3 Å². The monoisotopic (exact) mass is 218 g/mol. The van der Waals surface area contributed by atoms with Crippen LogP contribution in [0.2, 0.25) is 0 Å². The van der Waals surface area contributed by atoms with E-state index in [0.717, 1.165) is 11.3 Å². The summed E-state index contributed by atoms with van der Waals surface area (Å²) < 4.78 is 5.66. The van der Waals surface area contributed by atoms with Gasteiger partial charge in [-0.25, -0.2) is 0 Å². The van der Waals surface area contributed by atoms with Crippen LogP contribution in [0, 0.1) is 17.8 Å². The molecule has 0 fully saturated rings. The average Bonchev–Trinajstić information content (AvgIpc) is 2.28. The molecule has 0 saturated heterocycles. The summed E-state index contributed by atoms with van der Waals surface area (Å²) >= 11 is 0. The third-order valence-electron chi connectivity index (χ3n) is 1.92. The molecule has 0 amide bonds. The molecule has 0 aromatic heterocycles. The van der Waals surface area contributed by atoms with Gasteiger partial charge in [0, 0.05) is 6.42 Å². The normalized spacial score (nSPS) is 9.75. The first kappa shape index (κ1) is 12.6. The molecule has 1 N–H and O–H groups in total. The lowest BCUT2D eigenvalue weighted by molar-refractivity contribution is 0.270. The fraction of sp³-hybridized carbons (Fsp3) is 0.429. The highest BCUT2D eigenvalue weighted by molar-refractivity contribution is 5.45. The Kier molecular flexibility index (Phi) is 5.45. The number of para-hydroxylation sites is 1. The third kappa shape index (κ3) is 4.37. The Morgan fingerprint density at radius 1 is 1.31 bits per heavy atom. The standard InChI is InChI=1S/C14H18O2/c1-12(2)11-16-14-9-4-3-7-13(14)8-5-6-10-15/h3-4,7,9,12,15H,6,10-11H2,1-2H3. The lowest BCUT2D eigenvalue weighted by atomic mass is 10.2. The first-order valence-corrected chi connectivity index (χ1v) is 5.55. The molecule has 0 aliphatic carbocycles. The molecule has 86 valence electrons. The summed E-state index contributed by atoms with van der Waals surface area (Å²) in [7, 11) is 0. The van der Waals surface area contributed by atoms with Crippen molar-refractivity contribution < 1.29 is 9.84 Å². The number of hydrogen-bond acceptors (Lipinski definition) is 2. The van der Waals surface area contributed by atoms with E-state index in [1.165, 1.54) is 0 Å². The van der Waals surface area contributed by atoms with E-state index in [2.05, 4.69) is 25.7 Å². The molecule has 0 radical (unpaired) electrons. The predicted molar refractivity (Wildman–Crippen MR) is 65.4 cm³/mol. The van der Waals surface area contributed by atoms with Crippen molar-refractivity contribution in [2.24, 2.45) is 5.92 Å². The van der Waals surface area contributed by atoms with Gasteiger partial charge in [0.05, 0.1) is 18.8 Å². The molecule has 0 unspecified atom stereocenters. The van der Waals surface area contributed by atoms with Gasteiger partial charge in [-0.2, -0.15) is 0 Å². The van der Waals surface area contributed by atoms with Crippen LogP contribution in [0.4, 0.5) is 0 Å². The number of hydrogen-bond donors (Lipinski definition) is 1. The highest BCUT2D eigenvalue weighted by atomic mass is 16.5. The largest absolute Gasteiger partial charge is 0.492 e. The fourth-order valence-electron chi connectivity index (χ4n) is 1.17. The van der Waals surface area contributed by atoms with Crippen molar-refractivity contribution in [1.82, 2.24) is 0 Å². The highest BCUT2D eigenvalue weighted by Crippen LogP contribution is 2.17. The van der Waals surface area contributed by atoms with Gasteiger partial charge in [0.25, 0.3) is 0 Å². The molecule has 0 bridgehead atoms. The number of rotatable bonds is 4. The maximum Gasteiger partial charge on any atom is 0.134 e. The molecule has 0 heterocycles. The topological polar surface area (TPSA) is 29.5 Å². The Bertz CT molecular complexity index is 372. The van der Waals surface area contributed by atoms with E-state index in [0.29, 0.717) is 18.9 Å². The van der Waals surface area contributed by atoms with E-state index < -0.39 is 0 Å². The van der Waals surface area contributed by atoms with E-state index in [1.54, 1.807) is 0 Å². The minimum atomic E-state index is 0.0992. The van der Waals surface area contributed by atoms with Crippen LogP contribution in [0.5, 0.6) is 5.75 Å². The van der Waals surface area contributed by atoms with Crippen molar-refractivity contribution in [3.63, 3.8) is 0 Å². The molecular formula is C14H18O2. The first-order valence-electron chi connectivity index (χ1n) is 5.55. The minimum Gasteiger partial charge on any atom is -0.492 e. The lowest BCUT2D eigenvalue weighted by Crippen LogP contribution is -2.05. The summed E-state index contributed by atoms with van der Waals surface area (Å²) in [6, 6.07) is 7.73. The van der Waals surface area contributed by atoms with Crippen LogP contribution in [-0.2, 0) is 0 Å². The molecule has 1 rings (SSSR count). The molecule has 2 heteroatoms. The smallest absolute Gasteiger partial charge is 0.134 e. The molecule has 1 aromatic rings. The van der Waals surface area contributed by atoms with Gasteiger partial charge >= 0.3 is 0 Å². The second kappa shape index (κ2) is 6.92. The Morgan fingerprint density at radius 2 is 2.06 bits per heavy atom. The van der Waals surface area contributed by atoms with Crippen molar-refractivity contribution in [2.75, 3.05) is 13.2 Å². The van der Waals surface area contributed by atoms with E-state index in [1.807, 2.05) is 24.3 Å². The van der Waals surface area contributed by atoms with E-state index in [9.17, 15) is 0 Å². The van der Waals surface area contributed by atoms with Crippen molar-refractivity contribution >= 4 is 0 Å². The predicted octanol–water partition coefficient (Wildman–Crippen LogP) is 2.46. The minimum absolute atomic E-state index is 0.0992. The molecule has 0 aliphatic heterocycles. The SMILES string of the molecule is CC(C)COc1ccccc1C#CCCO. The van der Waals surface area contributed by atoms with Crippen LogP contribution in [0.1, 0.15) is 25.8 Å². The van der Waals surface area contributed by atoms with Gasteiger partial charge < -0.3 is 9.84 Å². The molecule has 2 nitrogen and oxygen atoms in total. The summed E-state index contributed by atoms with van der Waals surface area (Å²) in [5, 5.41) is 8.66. The zero-order valence-corrected chi connectivity index (χ0v) is 9.86. The van der Waals surface area contributed by atoms with Crippen LogP contribution >= 0.6 is 0 Å². The number of ether oxygens (including phenoxy) is 1. The van der Waals surface area contributed by atoms with Gasteiger partial charge in [-0.15, -0.1) is 0 Å². The van der Waals surface area contributed by atoms with Gasteiger partial charge in [0.15, 0.2) is 0 Å². The van der Waals surface area contributed by atoms with Crippen LogP contribution in [-0.4, -0.2) is 18.3 Å². The molecular weight excluding hydrogens is 200 g/mol. The maximum absolute atomic E-state index is 8.66. The lowest BCUT2D eigenvalue weighted by Gasteiger charge is -2.09. The molecule has 0 spiro atoms. The molecule has 0 saturated carbocycles. The van der Waals surface area contributed by atoms with E-state index in [4.69, 9.17) is 9.84 Å². The second-order valence-corrected chi connectivity index (χ2v) is 3.98. The number of aliphatic hydroxyl groups excluding tert-OH is 1. The Labute approximate surface area is 97.3 Å². The molecule has 1 aromatic carbocycles. The van der Waals surface area contributed by atoms with Crippen LogP contribution in [0.15, 0.2) is 24.3 Å². The van der Waals surface area contributed by atoms with Crippen molar-refractivity contribution in [3.05, 3.63) is 29.8 Å². The van der Waals surface area contributed by atoms with Crippen LogP contribution < -0.4 is 4.74 Å². The highest BCUT2D eigenvalue weighted by Gasteiger charge is 2.01. The van der Waals surface area contributed by atoms with E-state index >= 15 is 0 Å². The van der Waals surface area contributed by atoms with Crippen LogP contribution in [0.25, 0.3) is 0 Å². The molecule has 16 heavy (non-hydrogen) atoms. The molecule has 0 aliphatic rings. The summed E-state index contributed by atoms with van der Waals surface area (Å²) in [5.74, 6) is 7.22. The summed E-state index contributed by atoms with van der Waals surface area (Å²) in [4.78, 5) is 0. The number of aliphatic hydroxyl groups is 1. The van der Waals surface area contributed by atoms with Gasteiger partial charge in [-0.3, -0.25) is 0 Å². The summed E-state index contributed by atoms with van der Waals surface area (Å²) in [5.41, 5.74) is 0.886. The summed E-state index contributed by atoms with van der Waals surface area (Å²) in [6.07, 6.45) is 0.499. The van der Waals surface area contributed by atoms with Gasteiger partial charge in [0.1, 0.15) is 5.75 Å². The third-order valence-corrected chi connectivity index (χ3v) is 1.92. The van der Waals surface area contributed by atoms with Gasteiger partial charge in [-0.05, 0) is 18.1 Å². The maximum atomic E-state index is 8.66. The first-order chi connectivity index (χ1) is 7.74. The van der Waals surface area contributed by atoms with Crippen molar-refractivity contribution in [3.8, 4) is 17.6 Å². The summed E-state index contributed by atoms with van der Waals surface area (Å²) in [6.45, 7) is 5.01. The Morgan fingerprint density at radius 3 is 2.75 bits per heavy atom. The van der Waals surface area contributed by atoms with Crippen LogP contribution in [0.3, 0.4) is 0 Å².